The molecule has 1 aliphatic heterocycles. The first-order valence-electron chi connectivity index (χ1n) is 5.95. The maximum atomic E-state index is 5.85. The van der Waals surface area contributed by atoms with Crippen molar-refractivity contribution in [2.75, 3.05) is 18.8 Å². The fourth-order valence-corrected chi connectivity index (χ4v) is 3.00. The Bertz CT molecular complexity index is 367. The van der Waals surface area contributed by atoms with Crippen LogP contribution in [0.25, 0.3) is 0 Å². The Morgan fingerprint density at radius 1 is 1.29 bits per heavy atom. The molecule has 0 bridgehead atoms. The van der Waals surface area contributed by atoms with Crippen molar-refractivity contribution in [2.45, 2.75) is 32.6 Å². The average Bonchev–Trinajstić information content (AvgIpc) is 2.13. The molecular weight excluding hydrogens is 280 g/mol. The zero-order valence-electron chi connectivity index (χ0n) is 10.3. The van der Waals surface area contributed by atoms with E-state index in [9.17, 15) is 0 Å². The van der Waals surface area contributed by atoms with Crippen LogP contribution in [0.4, 0.5) is 5.69 Å². The first kappa shape index (κ1) is 12.9. The number of nitrogens with zero attached hydrogens (tertiary/aromatic N) is 1. The zero-order chi connectivity index (χ0) is 12.4. The van der Waals surface area contributed by atoms with E-state index in [2.05, 4.69) is 40.7 Å². The number of hydrogen-bond acceptors (Lipinski definition) is 3. The number of nitrogens with two attached hydrogens (primary N) is 1. The summed E-state index contributed by atoms with van der Waals surface area (Å²) in [6.45, 7) is 7.14. The third-order valence-corrected chi connectivity index (χ3v) is 3.34. The molecule has 1 aromatic rings. The molecule has 0 aliphatic carbocycles. The van der Waals surface area contributed by atoms with Gasteiger partial charge in [0.05, 0.1) is 12.2 Å². The lowest BCUT2D eigenvalue weighted by Crippen LogP contribution is -2.44. The lowest BCUT2D eigenvalue weighted by Gasteiger charge is -2.35. The Balaban J connectivity index is 2.04. The molecule has 2 rings (SSSR count). The first-order valence-corrected chi connectivity index (χ1v) is 6.75. The highest BCUT2D eigenvalue weighted by atomic mass is 79.9. The third kappa shape index (κ3) is 3.69. The first-order chi connectivity index (χ1) is 8.02. The second-order valence-electron chi connectivity index (χ2n) is 4.84. The summed E-state index contributed by atoms with van der Waals surface area (Å²) in [5, 5.41) is 0. The van der Waals surface area contributed by atoms with Gasteiger partial charge in [-0.2, -0.15) is 0 Å². The Morgan fingerprint density at radius 3 is 2.53 bits per heavy atom. The van der Waals surface area contributed by atoms with Gasteiger partial charge in [0.25, 0.3) is 0 Å². The van der Waals surface area contributed by atoms with Crippen LogP contribution in [0.5, 0.6) is 0 Å². The van der Waals surface area contributed by atoms with Gasteiger partial charge >= 0.3 is 0 Å². The highest BCUT2D eigenvalue weighted by Gasteiger charge is 2.22. The van der Waals surface area contributed by atoms with Crippen LogP contribution < -0.4 is 5.73 Å². The molecule has 0 aromatic heterocycles. The van der Waals surface area contributed by atoms with Crippen LogP contribution in [0.15, 0.2) is 22.7 Å². The lowest BCUT2D eigenvalue weighted by molar-refractivity contribution is -0.0704. The molecule has 2 atom stereocenters. The Labute approximate surface area is 111 Å². The van der Waals surface area contributed by atoms with Gasteiger partial charge < -0.3 is 10.5 Å². The highest BCUT2D eigenvalue weighted by molar-refractivity contribution is 9.10. The van der Waals surface area contributed by atoms with Crippen molar-refractivity contribution in [3.05, 3.63) is 28.2 Å². The summed E-state index contributed by atoms with van der Waals surface area (Å²) < 4.78 is 6.77. The van der Waals surface area contributed by atoms with Crippen molar-refractivity contribution in [2.24, 2.45) is 0 Å². The van der Waals surface area contributed by atoms with Crippen LogP contribution in [0.2, 0.25) is 0 Å². The van der Waals surface area contributed by atoms with Crippen LogP contribution in [-0.2, 0) is 11.3 Å². The largest absolute Gasteiger partial charge is 0.399 e. The maximum Gasteiger partial charge on any atom is 0.0678 e. The number of morpholine rings is 1. The number of benzene rings is 1. The smallest absolute Gasteiger partial charge is 0.0678 e. The van der Waals surface area contributed by atoms with Crippen molar-refractivity contribution in [3.8, 4) is 0 Å². The molecule has 1 aliphatic rings. The number of hydrogen-bond donors (Lipinski definition) is 1. The number of halogens is 1. The molecule has 0 amide bonds. The minimum absolute atomic E-state index is 0.309. The average molecular weight is 299 g/mol. The molecule has 0 saturated carbocycles. The molecule has 94 valence electrons. The summed E-state index contributed by atoms with van der Waals surface area (Å²) in [4.78, 5) is 2.42. The topological polar surface area (TPSA) is 38.5 Å². The molecular formula is C13H19BrN2O. The summed E-state index contributed by atoms with van der Waals surface area (Å²) >= 11 is 3.48. The van der Waals surface area contributed by atoms with Gasteiger partial charge in [0.15, 0.2) is 0 Å². The number of ether oxygens (including phenoxy) is 1. The third-order valence-electron chi connectivity index (χ3n) is 2.88. The summed E-state index contributed by atoms with van der Waals surface area (Å²) in [6, 6.07) is 6.09. The van der Waals surface area contributed by atoms with Crippen LogP contribution in [-0.4, -0.2) is 30.2 Å². The number of anilines is 1. The predicted molar refractivity (Wildman–Crippen MR) is 73.8 cm³/mol. The molecule has 1 aromatic carbocycles. The second-order valence-corrected chi connectivity index (χ2v) is 5.76. The van der Waals surface area contributed by atoms with Gasteiger partial charge in [-0.05, 0) is 37.6 Å². The Morgan fingerprint density at radius 2 is 1.94 bits per heavy atom. The van der Waals surface area contributed by atoms with E-state index < -0.39 is 0 Å². The van der Waals surface area contributed by atoms with Gasteiger partial charge in [0.2, 0.25) is 0 Å². The van der Waals surface area contributed by atoms with Crippen molar-refractivity contribution >= 4 is 21.6 Å². The van der Waals surface area contributed by atoms with Gasteiger partial charge in [0.1, 0.15) is 0 Å². The summed E-state index contributed by atoms with van der Waals surface area (Å²) in [5.41, 5.74) is 7.90. The lowest BCUT2D eigenvalue weighted by atomic mass is 10.1. The van der Waals surface area contributed by atoms with Gasteiger partial charge in [-0.1, -0.05) is 15.9 Å². The zero-order valence-corrected chi connectivity index (χ0v) is 11.9. The van der Waals surface area contributed by atoms with Crippen LogP contribution in [0.1, 0.15) is 19.4 Å². The molecule has 0 spiro atoms. The van der Waals surface area contributed by atoms with E-state index in [-0.39, 0.29) is 0 Å². The molecule has 4 heteroatoms. The van der Waals surface area contributed by atoms with E-state index in [0.717, 1.165) is 29.8 Å². The van der Waals surface area contributed by atoms with E-state index in [0.29, 0.717) is 12.2 Å². The predicted octanol–water partition coefficient (Wildman–Crippen LogP) is 2.64. The van der Waals surface area contributed by atoms with Crippen molar-refractivity contribution in [1.82, 2.24) is 4.90 Å². The molecule has 2 N–H and O–H groups in total. The minimum atomic E-state index is 0.309. The monoisotopic (exact) mass is 298 g/mol. The Kier molecular flexibility index (Phi) is 4.07. The standard InChI is InChI=1S/C13H19BrN2O/c1-9-6-16(7-10(2)17-9)8-11-3-12(14)5-13(15)4-11/h3-5,9-10H,6-8,15H2,1-2H3/t9-,10+. The van der Waals surface area contributed by atoms with E-state index >= 15 is 0 Å². The van der Waals surface area contributed by atoms with Crippen LogP contribution in [0.3, 0.4) is 0 Å². The van der Waals surface area contributed by atoms with Crippen molar-refractivity contribution in [1.29, 1.82) is 0 Å². The normalized spacial score (nSPS) is 26.1. The molecule has 1 fully saturated rings. The van der Waals surface area contributed by atoms with Gasteiger partial charge in [-0.3, -0.25) is 4.90 Å². The second kappa shape index (κ2) is 5.38. The minimum Gasteiger partial charge on any atom is -0.399 e. The number of rotatable bonds is 2. The van der Waals surface area contributed by atoms with E-state index in [1.807, 2.05) is 12.1 Å². The molecule has 0 radical (unpaired) electrons. The fourth-order valence-electron chi connectivity index (χ4n) is 2.44. The van der Waals surface area contributed by atoms with Crippen molar-refractivity contribution in [3.63, 3.8) is 0 Å². The van der Waals surface area contributed by atoms with Crippen LogP contribution >= 0.6 is 15.9 Å². The summed E-state index contributed by atoms with van der Waals surface area (Å²) in [7, 11) is 0. The van der Waals surface area contributed by atoms with E-state index in [1.54, 1.807) is 0 Å². The molecule has 0 unspecified atom stereocenters. The van der Waals surface area contributed by atoms with Crippen molar-refractivity contribution < 1.29 is 4.74 Å². The van der Waals surface area contributed by atoms with E-state index in [1.165, 1.54) is 5.56 Å². The van der Waals surface area contributed by atoms with Gasteiger partial charge in [-0.15, -0.1) is 0 Å². The maximum absolute atomic E-state index is 5.85. The van der Waals surface area contributed by atoms with Gasteiger partial charge in [0, 0.05) is 29.8 Å². The Hall–Kier alpha value is -0.580. The molecule has 3 nitrogen and oxygen atoms in total. The fraction of sp³-hybridized carbons (Fsp3) is 0.538. The quantitative estimate of drug-likeness (QED) is 0.853. The van der Waals surface area contributed by atoms with Gasteiger partial charge in [-0.25, -0.2) is 0 Å². The molecule has 1 saturated heterocycles. The van der Waals surface area contributed by atoms with Crippen LogP contribution in [0, 0.1) is 0 Å². The summed E-state index contributed by atoms with van der Waals surface area (Å²) in [6.07, 6.45) is 0.617. The molecule has 17 heavy (non-hydrogen) atoms. The number of nitrogen functional groups attached to an aromatic ring is 1. The SMILES string of the molecule is C[C@@H]1CN(Cc2cc(N)cc(Br)c2)C[C@H](C)O1. The highest BCUT2D eigenvalue weighted by Crippen LogP contribution is 2.20. The molecule has 1 heterocycles. The summed E-state index contributed by atoms with van der Waals surface area (Å²) in [5.74, 6) is 0. The van der Waals surface area contributed by atoms with E-state index in [4.69, 9.17) is 10.5 Å².